The Hall–Kier alpha value is -1.06. The first-order chi connectivity index (χ1) is 19.4. The van der Waals surface area contributed by atoms with Crippen LogP contribution in [0.4, 0.5) is 0 Å². The predicted molar refractivity (Wildman–Crippen MR) is 163 cm³/mol. The molecule has 0 spiro atoms. The summed E-state index contributed by atoms with van der Waals surface area (Å²) in [5.74, 6) is 0. The average Bonchev–Trinajstić information content (AvgIpc) is 2.92. The summed E-state index contributed by atoms with van der Waals surface area (Å²) in [7, 11) is -3.92. The maximum Gasteiger partial charge on any atom is 0.168 e. The molecule has 8 heteroatoms. The lowest BCUT2D eigenvalue weighted by molar-refractivity contribution is -0.697. The molecule has 0 bridgehead atoms. The predicted octanol–water partition coefficient (Wildman–Crippen LogP) is 7.23. The quantitative estimate of drug-likeness (QED) is 0.0584. The number of hydrogen-bond acceptors (Lipinski definition) is 6. The number of nitrogens with zero attached hydrogens (tertiary/aromatic N) is 1. The molecule has 1 rings (SSSR count). The van der Waals surface area contributed by atoms with Gasteiger partial charge in [-0.15, -0.1) is 0 Å². The van der Waals surface area contributed by atoms with E-state index in [0.29, 0.717) is 32.7 Å². The maximum atomic E-state index is 9.08. The van der Waals surface area contributed by atoms with E-state index in [9.17, 15) is 0 Å². The van der Waals surface area contributed by atoms with Gasteiger partial charge in [-0.25, -0.2) is 13.0 Å². The second-order valence-electron chi connectivity index (χ2n) is 10.7. The fraction of sp³-hybridized carbons (Fsp3) is 0.844. The molecule has 0 saturated carbocycles. The van der Waals surface area contributed by atoms with Crippen LogP contribution in [-0.2, 0) is 30.9 Å². The van der Waals surface area contributed by atoms with E-state index < -0.39 is 10.1 Å². The van der Waals surface area contributed by atoms with Crippen molar-refractivity contribution in [3.05, 3.63) is 30.6 Å². The Balaban J connectivity index is 0.00000277. The van der Waals surface area contributed by atoms with Gasteiger partial charge in [0.25, 0.3) is 0 Å². The number of unbranched alkanes of at least 4 members (excludes halogenated alkanes) is 16. The fourth-order valence-electron chi connectivity index (χ4n) is 4.38. The van der Waals surface area contributed by atoms with Crippen LogP contribution >= 0.6 is 0 Å². The molecule has 0 N–H and O–H groups in total. The van der Waals surface area contributed by atoms with E-state index in [0.717, 1.165) is 32.6 Å². The molecular weight excluding hydrogens is 526 g/mol. The number of ether oxygens (including phenoxy) is 3. The molecule has 40 heavy (non-hydrogen) atoms. The van der Waals surface area contributed by atoms with Crippen molar-refractivity contribution < 1.29 is 31.7 Å². The number of rotatable bonds is 28. The molecule has 1 heterocycles. The molecule has 7 nitrogen and oxygen atoms in total. The zero-order chi connectivity index (χ0) is 29.4. The van der Waals surface area contributed by atoms with E-state index in [-0.39, 0.29) is 0 Å². The minimum absolute atomic E-state index is 0.604. The third-order valence-corrected chi connectivity index (χ3v) is 6.62. The van der Waals surface area contributed by atoms with Crippen LogP contribution in [0.5, 0.6) is 0 Å². The Morgan fingerprint density at radius 2 is 0.850 bits per heavy atom. The van der Waals surface area contributed by atoms with Crippen LogP contribution in [-0.4, -0.2) is 58.9 Å². The first kappa shape index (κ1) is 38.9. The Morgan fingerprint density at radius 1 is 0.525 bits per heavy atom. The SMILES string of the molecule is CCCCCCCCCCCCCCCCCCOCCOCCOCCCC[n+]1ccccc1.CS(=O)(=O)[O-]. The van der Waals surface area contributed by atoms with Gasteiger partial charge in [0.15, 0.2) is 12.4 Å². The van der Waals surface area contributed by atoms with Crippen molar-refractivity contribution in [2.45, 2.75) is 129 Å². The van der Waals surface area contributed by atoms with Crippen molar-refractivity contribution in [3.63, 3.8) is 0 Å². The van der Waals surface area contributed by atoms with Crippen LogP contribution in [0.15, 0.2) is 30.6 Å². The molecule has 1 aromatic rings. The van der Waals surface area contributed by atoms with Crippen LogP contribution in [0.2, 0.25) is 0 Å². The van der Waals surface area contributed by atoms with E-state index in [1.807, 2.05) is 6.07 Å². The molecule has 0 aromatic carbocycles. The summed E-state index contributed by atoms with van der Waals surface area (Å²) in [6, 6.07) is 6.18. The summed E-state index contributed by atoms with van der Waals surface area (Å²) in [4.78, 5) is 0. The van der Waals surface area contributed by atoms with Crippen molar-refractivity contribution in [1.29, 1.82) is 0 Å². The van der Waals surface area contributed by atoms with E-state index >= 15 is 0 Å². The summed E-state index contributed by atoms with van der Waals surface area (Å²) < 4.78 is 46.4. The first-order valence-corrected chi connectivity index (χ1v) is 17.8. The van der Waals surface area contributed by atoms with Crippen molar-refractivity contribution in [1.82, 2.24) is 0 Å². The minimum atomic E-state index is -3.92. The zero-order valence-corrected chi connectivity index (χ0v) is 26.7. The van der Waals surface area contributed by atoms with Crippen molar-refractivity contribution in [2.24, 2.45) is 0 Å². The molecule has 0 atom stereocenters. The summed E-state index contributed by atoms with van der Waals surface area (Å²) >= 11 is 0. The van der Waals surface area contributed by atoms with Gasteiger partial charge in [0.1, 0.15) is 6.54 Å². The highest BCUT2D eigenvalue weighted by atomic mass is 32.2. The topological polar surface area (TPSA) is 88.8 Å². The molecule has 0 radical (unpaired) electrons. The van der Waals surface area contributed by atoms with Crippen LogP contribution in [0.1, 0.15) is 122 Å². The molecule has 1 aromatic heterocycles. The van der Waals surface area contributed by atoms with Crippen molar-refractivity contribution in [3.8, 4) is 0 Å². The highest BCUT2D eigenvalue weighted by molar-refractivity contribution is 7.84. The zero-order valence-electron chi connectivity index (χ0n) is 25.9. The molecule has 0 fully saturated rings. The Labute approximate surface area is 247 Å². The molecule has 236 valence electrons. The van der Waals surface area contributed by atoms with Gasteiger partial charge in [0.05, 0.1) is 36.5 Å². The van der Waals surface area contributed by atoms with Crippen LogP contribution in [0, 0.1) is 0 Å². The third-order valence-electron chi connectivity index (χ3n) is 6.62. The lowest BCUT2D eigenvalue weighted by Crippen LogP contribution is -2.32. The molecule has 0 aliphatic rings. The third kappa shape index (κ3) is 36.9. The van der Waals surface area contributed by atoms with Gasteiger partial charge in [0.2, 0.25) is 0 Å². The lowest BCUT2D eigenvalue weighted by atomic mass is 10.0. The number of hydrogen-bond donors (Lipinski definition) is 0. The molecule has 0 aliphatic carbocycles. The van der Waals surface area contributed by atoms with Gasteiger partial charge in [-0.2, -0.15) is 0 Å². The average molecular weight is 588 g/mol. The molecule has 0 saturated heterocycles. The molecular formula is C32H61NO6S. The summed E-state index contributed by atoms with van der Waals surface area (Å²) in [5.41, 5.74) is 0. The first-order valence-electron chi connectivity index (χ1n) is 16.0. The van der Waals surface area contributed by atoms with E-state index in [1.165, 1.54) is 103 Å². The Kier molecular flexibility index (Phi) is 30.1. The number of pyridine rings is 1. The van der Waals surface area contributed by atoms with Gasteiger partial charge in [-0.1, -0.05) is 109 Å². The standard InChI is InChI=1S/C31H58NO3.CH4O3S/c1-2-3-4-5-6-7-8-9-10-11-12-13-14-15-16-21-26-33-28-30-35-31-29-34-27-22-20-25-32-23-18-17-19-24-32;1-5(2,3)4/h17-19,23-24H,2-16,20-22,25-31H2,1H3;1H3,(H,2,3,4)/q+1;/p-1. The van der Waals surface area contributed by atoms with Crippen LogP contribution in [0.25, 0.3) is 0 Å². The summed E-state index contributed by atoms with van der Waals surface area (Å²) in [5, 5.41) is 0. The van der Waals surface area contributed by atoms with Gasteiger partial charge in [0, 0.05) is 38.0 Å². The molecule has 0 amide bonds. The fourth-order valence-corrected chi connectivity index (χ4v) is 4.38. The van der Waals surface area contributed by atoms with E-state index in [1.54, 1.807) is 0 Å². The van der Waals surface area contributed by atoms with E-state index in [4.69, 9.17) is 27.2 Å². The highest BCUT2D eigenvalue weighted by Gasteiger charge is 1.98. The summed E-state index contributed by atoms with van der Waals surface area (Å²) in [6.45, 7) is 7.75. The van der Waals surface area contributed by atoms with Gasteiger partial charge < -0.3 is 18.8 Å². The minimum Gasteiger partial charge on any atom is -0.748 e. The van der Waals surface area contributed by atoms with Crippen molar-refractivity contribution in [2.75, 3.05) is 45.9 Å². The molecule has 0 aliphatic heterocycles. The van der Waals surface area contributed by atoms with Gasteiger partial charge in [-0.05, 0) is 12.8 Å². The normalized spacial score (nSPS) is 11.4. The van der Waals surface area contributed by atoms with Crippen molar-refractivity contribution >= 4 is 10.1 Å². The van der Waals surface area contributed by atoms with Gasteiger partial charge >= 0.3 is 0 Å². The second kappa shape index (κ2) is 30.9. The summed E-state index contributed by atoms with van der Waals surface area (Å²) in [6.07, 6.45) is 29.5. The number of aromatic nitrogens is 1. The maximum absolute atomic E-state index is 9.08. The monoisotopic (exact) mass is 587 g/mol. The Bertz CT molecular complexity index is 709. The smallest absolute Gasteiger partial charge is 0.168 e. The highest BCUT2D eigenvalue weighted by Crippen LogP contribution is 2.13. The van der Waals surface area contributed by atoms with E-state index in [2.05, 4.69) is 36.0 Å². The van der Waals surface area contributed by atoms with Gasteiger partial charge in [-0.3, -0.25) is 0 Å². The van der Waals surface area contributed by atoms with Crippen LogP contribution in [0.3, 0.4) is 0 Å². The lowest BCUT2D eigenvalue weighted by Gasteiger charge is -2.07. The second-order valence-corrected chi connectivity index (χ2v) is 12.1. The van der Waals surface area contributed by atoms with Crippen LogP contribution < -0.4 is 4.57 Å². The Morgan fingerprint density at radius 3 is 1.25 bits per heavy atom. The largest absolute Gasteiger partial charge is 0.748 e. The molecule has 0 unspecified atom stereocenters. The number of aryl methyl sites for hydroxylation is 1.